The first-order valence-electron chi connectivity index (χ1n) is 6.54. The lowest BCUT2D eigenvalue weighted by molar-refractivity contribution is -0.145. The Morgan fingerprint density at radius 2 is 1.60 bits per heavy atom. The van der Waals surface area contributed by atoms with Crippen molar-refractivity contribution in [3.8, 4) is 0 Å². The molecule has 6 nitrogen and oxygen atoms in total. The minimum absolute atomic E-state index is 0.421. The average molecular weight is 275 g/mol. The van der Waals surface area contributed by atoms with Gasteiger partial charge in [0.1, 0.15) is 0 Å². The SMILES string of the molecule is Cc1ccc(C(=O)NNC(=O)C(=O)N2CCCC2)cc1. The number of nitrogens with zero attached hydrogens (tertiary/aromatic N) is 1. The first-order valence-corrected chi connectivity index (χ1v) is 6.54. The van der Waals surface area contributed by atoms with Gasteiger partial charge in [-0.1, -0.05) is 17.7 Å². The molecule has 2 rings (SSSR count). The van der Waals surface area contributed by atoms with Crippen LogP contribution < -0.4 is 10.9 Å². The highest BCUT2D eigenvalue weighted by Crippen LogP contribution is 2.07. The van der Waals surface area contributed by atoms with Crippen LogP contribution in [0.5, 0.6) is 0 Å². The molecule has 0 unspecified atom stereocenters. The second-order valence-electron chi connectivity index (χ2n) is 4.77. The monoisotopic (exact) mass is 275 g/mol. The Morgan fingerprint density at radius 3 is 2.20 bits per heavy atom. The van der Waals surface area contributed by atoms with Crippen LogP contribution >= 0.6 is 0 Å². The van der Waals surface area contributed by atoms with Crippen LogP contribution in [-0.2, 0) is 9.59 Å². The summed E-state index contributed by atoms with van der Waals surface area (Å²) in [5, 5.41) is 0. The molecule has 1 fully saturated rings. The fourth-order valence-electron chi connectivity index (χ4n) is 2.01. The molecule has 1 aliphatic heterocycles. The minimum Gasteiger partial charge on any atom is -0.334 e. The molecule has 2 N–H and O–H groups in total. The number of benzene rings is 1. The van der Waals surface area contributed by atoms with Crippen molar-refractivity contribution >= 4 is 17.7 Å². The highest BCUT2D eigenvalue weighted by molar-refractivity contribution is 6.35. The number of rotatable bonds is 1. The molecular weight excluding hydrogens is 258 g/mol. The summed E-state index contributed by atoms with van der Waals surface area (Å²) < 4.78 is 0. The van der Waals surface area contributed by atoms with Crippen LogP contribution in [0.2, 0.25) is 0 Å². The van der Waals surface area contributed by atoms with E-state index in [0.29, 0.717) is 18.7 Å². The topological polar surface area (TPSA) is 78.5 Å². The van der Waals surface area contributed by atoms with Crippen LogP contribution in [0.25, 0.3) is 0 Å². The number of hydrogen-bond acceptors (Lipinski definition) is 3. The molecule has 1 saturated heterocycles. The fourth-order valence-corrected chi connectivity index (χ4v) is 2.01. The molecule has 0 bridgehead atoms. The first kappa shape index (κ1) is 14.0. The van der Waals surface area contributed by atoms with E-state index in [4.69, 9.17) is 0 Å². The van der Waals surface area contributed by atoms with Gasteiger partial charge in [0.2, 0.25) is 0 Å². The van der Waals surface area contributed by atoms with E-state index in [0.717, 1.165) is 18.4 Å². The van der Waals surface area contributed by atoms with E-state index in [-0.39, 0.29) is 0 Å². The summed E-state index contributed by atoms with van der Waals surface area (Å²) in [6.45, 7) is 3.11. The van der Waals surface area contributed by atoms with Crippen molar-refractivity contribution in [3.63, 3.8) is 0 Å². The van der Waals surface area contributed by atoms with E-state index in [1.807, 2.05) is 6.92 Å². The van der Waals surface area contributed by atoms with Gasteiger partial charge in [-0.2, -0.15) is 0 Å². The Bertz CT molecular complexity index is 519. The van der Waals surface area contributed by atoms with E-state index < -0.39 is 17.7 Å². The molecule has 1 aromatic carbocycles. The van der Waals surface area contributed by atoms with Crippen molar-refractivity contribution < 1.29 is 14.4 Å². The molecule has 1 heterocycles. The summed E-state index contributed by atoms with van der Waals surface area (Å²) in [7, 11) is 0. The summed E-state index contributed by atoms with van der Waals surface area (Å²) in [5.41, 5.74) is 5.84. The molecule has 6 heteroatoms. The van der Waals surface area contributed by atoms with E-state index in [2.05, 4.69) is 10.9 Å². The Hall–Kier alpha value is -2.37. The van der Waals surface area contributed by atoms with Crippen LogP contribution in [0.15, 0.2) is 24.3 Å². The van der Waals surface area contributed by atoms with Gasteiger partial charge >= 0.3 is 11.8 Å². The van der Waals surface area contributed by atoms with Crippen molar-refractivity contribution in [2.45, 2.75) is 19.8 Å². The number of aryl methyl sites for hydroxylation is 1. The van der Waals surface area contributed by atoms with E-state index in [1.54, 1.807) is 24.3 Å². The lowest BCUT2D eigenvalue weighted by atomic mass is 10.1. The zero-order valence-electron chi connectivity index (χ0n) is 11.3. The second kappa shape index (κ2) is 6.18. The van der Waals surface area contributed by atoms with Crippen molar-refractivity contribution in [3.05, 3.63) is 35.4 Å². The Kier molecular flexibility index (Phi) is 4.34. The molecule has 1 aliphatic rings. The van der Waals surface area contributed by atoms with Gasteiger partial charge in [0.25, 0.3) is 5.91 Å². The number of hydrazine groups is 1. The number of amides is 3. The van der Waals surface area contributed by atoms with Gasteiger partial charge in [-0.3, -0.25) is 25.2 Å². The maximum Gasteiger partial charge on any atom is 0.327 e. The van der Waals surface area contributed by atoms with Gasteiger partial charge in [0.15, 0.2) is 0 Å². The third kappa shape index (κ3) is 3.34. The van der Waals surface area contributed by atoms with Crippen molar-refractivity contribution in [2.75, 3.05) is 13.1 Å². The van der Waals surface area contributed by atoms with E-state index in [1.165, 1.54) is 4.90 Å². The number of carbonyl (C=O) groups excluding carboxylic acids is 3. The number of nitrogens with one attached hydrogen (secondary N) is 2. The standard InChI is InChI=1S/C14H17N3O3/c1-10-4-6-11(7-5-10)12(18)15-16-13(19)14(20)17-8-2-3-9-17/h4-7H,2-3,8-9H2,1H3,(H,15,18)(H,16,19). The number of likely N-dealkylation sites (tertiary alicyclic amines) is 1. The Labute approximate surface area is 117 Å². The molecule has 0 aromatic heterocycles. The van der Waals surface area contributed by atoms with Crippen molar-refractivity contribution in [1.29, 1.82) is 0 Å². The van der Waals surface area contributed by atoms with Gasteiger partial charge in [-0.05, 0) is 31.9 Å². The van der Waals surface area contributed by atoms with E-state index >= 15 is 0 Å². The Balaban J connectivity index is 1.85. The zero-order valence-corrected chi connectivity index (χ0v) is 11.3. The average Bonchev–Trinajstić information content (AvgIpc) is 2.98. The number of hydrogen-bond donors (Lipinski definition) is 2. The smallest absolute Gasteiger partial charge is 0.327 e. The summed E-state index contributed by atoms with van der Waals surface area (Å²) in [5.74, 6) is -1.87. The predicted molar refractivity (Wildman–Crippen MR) is 72.6 cm³/mol. The molecule has 0 aliphatic carbocycles. The van der Waals surface area contributed by atoms with Crippen molar-refractivity contribution in [1.82, 2.24) is 15.8 Å². The molecule has 20 heavy (non-hydrogen) atoms. The van der Waals surface area contributed by atoms with Gasteiger partial charge in [0, 0.05) is 18.7 Å². The van der Waals surface area contributed by atoms with Gasteiger partial charge in [-0.25, -0.2) is 0 Å². The van der Waals surface area contributed by atoms with Crippen LogP contribution in [0, 0.1) is 6.92 Å². The van der Waals surface area contributed by atoms with Crippen LogP contribution in [0.1, 0.15) is 28.8 Å². The molecule has 3 amide bonds. The maximum absolute atomic E-state index is 11.8. The fraction of sp³-hybridized carbons (Fsp3) is 0.357. The highest BCUT2D eigenvalue weighted by Gasteiger charge is 2.24. The largest absolute Gasteiger partial charge is 0.334 e. The summed E-state index contributed by atoms with van der Waals surface area (Å²) in [4.78, 5) is 36.5. The molecule has 0 saturated carbocycles. The Morgan fingerprint density at radius 1 is 1.00 bits per heavy atom. The summed E-state index contributed by atoms with van der Waals surface area (Å²) in [6, 6.07) is 6.90. The normalized spacial score (nSPS) is 13.9. The molecule has 0 atom stereocenters. The van der Waals surface area contributed by atoms with E-state index in [9.17, 15) is 14.4 Å². The van der Waals surface area contributed by atoms with Crippen LogP contribution in [-0.4, -0.2) is 35.7 Å². The molecular formula is C14H17N3O3. The lowest BCUT2D eigenvalue weighted by Crippen LogP contribution is -2.49. The quantitative estimate of drug-likeness (QED) is 0.574. The molecule has 0 spiro atoms. The summed E-state index contributed by atoms with van der Waals surface area (Å²) in [6.07, 6.45) is 1.82. The second-order valence-corrected chi connectivity index (χ2v) is 4.77. The van der Waals surface area contributed by atoms with Gasteiger partial charge in [0.05, 0.1) is 0 Å². The van der Waals surface area contributed by atoms with Crippen molar-refractivity contribution in [2.24, 2.45) is 0 Å². The third-order valence-electron chi connectivity index (χ3n) is 3.19. The van der Waals surface area contributed by atoms with Crippen LogP contribution in [0.4, 0.5) is 0 Å². The van der Waals surface area contributed by atoms with Gasteiger partial charge in [-0.15, -0.1) is 0 Å². The third-order valence-corrected chi connectivity index (χ3v) is 3.19. The molecule has 0 radical (unpaired) electrons. The lowest BCUT2D eigenvalue weighted by Gasteiger charge is -2.14. The maximum atomic E-state index is 11.8. The highest BCUT2D eigenvalue weighted by atomic mass is 16.2. The summed E-state index contributed by atoms with van der Waals surface area (Å²) >= 11 is 0. The first-order chi connectivity index (χ1) is 9.58. The van der Waals surface area contributed by atoms with Gasteiger partial charge < -0.3 is 4.90 Å². The number of carbonyl (C=O) groups is 3. The zero-order chi connectivity index (χ0) is 14.5. The molecule has 106 valence electrons. The predicted octanol–water partition coefficient (Wildman–Crippen LogP) is 0.378. The molecule has 1 aromatic rings. The van der Waals surface area contributed by atoms with Crippen LogP contribution in [0.3, 0.4) is 0 Å². The minimum atomic E-state index is -0.813.